The average molecular weight is 235 g/mol. The van der Waals surface area contributed by atoms with Gasteiger partial charge >= 0.3 is 0 Å². The summed E-state index contributed by atoms with van der Waals surface area (Å²) in [5.74, 6) is 0.202. The second kappa shape index (κ2) is 7.79. The van der Waals surface area contributed by atoms with Crippen LogP contribution in [-0.2, 0) is 11.2 Å². The molecule has 94 valence electrons. The molecule has 0 bridgehead atoms. The van der Waals surface area contributed by atoms with E-state index in [4.69, 9.17) is 0 Å². The molecule has 1 rings (SSSR count). The number of pyridine rings is 1. The van der Waals surface area contributed by atoms with Gasteiger partial charge in [0, 0.05) is 25.5 Å². The first-order valence-corrected chi connectivity index (χ1v) is 6.09. The first-order chi connectivity index (χ1) is 8.27. The van der Waals surface area contributed by atoms with E-state index in [0.717, 1.165) is 19.4 Å². The summed E-state index contributed by atoms with van der Waals surface area (Å²) in [6, 6.07) is 3.94. The van der Waals surface area contributed by atoms with Crippen molar-refractivity contribution in [3.63, 3.8) is 0 Å². The number of hydrogen-bond acceptors (Lipinski definition) is 3. The second-order valence-corrected chi connectivity index (χ2v) is 4.06. The summed E-state index contributed by atoms with van der Waals surface area (Å²) in [4.78, 5) is 15.7. The Kier molecular flexibility index (Phi) is 6.25. The Morgan fingerprint density at radius 2 is 2.12 bits per heavy atom. The van der Waals surface area contributed by atoms with Crippen LogP contribution in [0.5, 0.6) is 0 Å². The fraction of sp³-hybridized carbons (Fsp3) is 0.538. The Bertz CT molecular complexity index is 327. The standard InChI is InChI=1S/C13H21N3O/c1-3-12(10-14-2)13(17)16-9-6-11-4-7-15-8-5-11/h4-5,7-8,12,14H,3,6,9-10H2,1-2H3,(H,16,17). The van der Waals surface area contributed by atoms with Crippen LogP contribution in [0.2, 0.25) is 0 Å². The lowest BCUT2D eigenvalue weighted by Gasteiger charge is -2.14. The molecule has 1 unspecified atom stereocenters. The van der Waals surface area contributed by atoms with Crippen molar-refractivity contribution in [2.75, 3.05) is 20.1 Å². The molecular formula is C13H21N3O. The first kappa shape index (κ1) is 13.6. The van der Waals surface area contributed by atoms with Crippen LogP contribution in [0.25, 0.3) is 0 Å². The van der Waals surface area contributed by atoms with Crippen molar-refractivity contribution in [3.8, 4) is 0 Å². The summed E-state index contributed by atoms with van der Waals surface area (Å²) < 4.78 is 0. The molecular weight excluding hydrogens is 214 g/mol. The van der Waals surface area contributed by atoms with Crippen LogP contribution in [0.3, 0.4) is 0 Å². The van der Waals surface area contributed by atoms with Gasteiger partial charge in [0.25, 0.3) is 0 Å². The van der Waals surface area contributed by atoms with E-state index in [1.165, 1.54) is 5.56 Å². The Balaban J connectivity index is 2.28. The molecule has 0 aromatic carbocycles. The molecule has 0 fully saturated rings. The number of carbonyl (C=O) groups is 1. The molecule has 17 heavy (non-hydrogen) atoms. The van der Waals surface area contributed by atoms with Gasteiger partial charge in [0.1, 0.15) is 0 Å². The van der Waals surface area contributed by atoms with Gasteiger partial charge in [-0.05, 0) is 37.6 Å². The molecule has 4 heteroatoms. The van der Waals surface area contributed by atoms with Gasteiger partial charge in [0.15, 0.2) is 0 Å². The van der Waals surface area contributed by atoms with Crippen molar-refractivity contribution in [2.24, 2.45) is 5.92 Å². The number of hydrogen-bond donors (Lipinski definition) is 2. The smallest absolute Gasteiger partial charge is 0.224 e. The molecule has 1 aromatic rings. The van der Waals surface area contributed by atoms with Crippen molar-refractivity contribution in [2.45, 2.75) is 19.8 Å². The molecule has 1 aromatic heterocycles. The van der Waals surface area contributed by atoms with E-state index < -0.39 is 0 Å². The number of nitrogens with one attached hydrogen (secondary N) is 2. The molecule has 4 nitrogen and oxygen atoms in total. The van der Waals surface area contributed by atoms with E-state index in [2.05, 4.69) is 15.6 Å². The van der Waals surface area contributed by atoms with Crippen LogP contribution in [0.4, 0.5) is 0 Å². The molecule has 0 saturated carbocycles. The predicted octanol–water partition coefficient (Wildman–Crippen LogP) is 0.986. The maximum Gasteiger partial charge on any atom is 0.224 e. The fourth-order valence-corrected chi connectivity index (χ4v) is 1.69. The number of carbonyl (C=O) groups excluding carboxylic acids is 1. The third-order valence-corrected chi connectivity index (χ3v) is 2.78. The van der Waals surface area contributed by atoms with Gasteiger partial charge in [0.05, 0.1) is 5.92 Å². The monoisotopic (exact) mass is 235 g/mol. The minimum atomic E-state index is 0.0671. The van der Waals surface area contributed by atoms with Gasteiger partial charge in [-0.15, -0.1) is 0 Å². The number of amides is 1. The third kappa shape index (κ3) is 4.95. The summed E-state index contributed by atoms with van der Waals surface area (Å²) in [5.41, 5.74) is 1.20. The van der Waals surface area contributed by atoms with Crippen molar-refractivity contribution < 1.29 is 4.79 Å². The lowest BCUT2D eigenvalue weighted by atomic mass is 10.1. The van der Waals surface area contributed by atoms with Gasteiger partial charge in [0.2, 0.25) is 5.91 Å². The molecule has 0 aliphatic rings. The molecule has 0 spiro atoms. The minimum Gasteiger partial charge on any atom is -0.355 e. The van der Waals surface area contributed by atoms with Crippen molar-refractivity contribution in [1.82, 2.24) is 15.6 Å². The highest BCUT2D eigenvalue weighted by atomic mass is 16.1. The number of rotatable bonds is 7. The lowest BCUT2D eigenvalue weighted by Crippen LogP contribution is -2.36. The fourth-order valence-electron chi connectivity index (χ4n) is 1.69. The first-order valence-electron chi connectivity index (χ1n) is 6.09. The van der Waals surface area contributed by atoms with Crippen LogP contribution >= 0.6 is 0 Å². The summed E-state index contributed by atoms with van der Waals surface area (Å²) in [7, 11) is 1.87. The van der Waals surface area contributed by atoms with Gasteiger partial charge in [-0.2, -0.15) is 0 Å². The second-order valence-electron chi connectivity index (χ2n) is 4.06. The zero-order valence-corrected chi connectivity index (χ0v) is 10.6. The summed E-state index contributed by atoms with van der Waals surface area (Å²) in [5, 5.41) is 6.01. The van der Waals surface area contributed by atoms with E-state index in [9.17, 15) is 4.79 Å². The molecule has 1 amide bonds. The van der Waals surface area contributed by atoms with E-state index in [-0.39, 0.29) is 11.8 Å². The van der Waals surface area contributed by atoms with Crippen molar-refractivity contribution >= 4 is 5.91 Å². The zero-order chi connectivity index (χ0) is 12.5. The minimum absolute atomic E-state index is 0.0671. The summed E-state index contributed by atoms with van der Waals surface area (Å²) >= 11 is 0. The van der Waals surface area contributed by atoms with E-state index >= 15 is 0 Å². The maximum atomic E-state index is 11.8. The van der Waals surface area contributed by atoms with Gasteiger partial charge in [-0.3, -0.25) is 9.78 Å². The average Bonchev–Trinajstić information content (AvgIpc) is 2.37. The maximum absolute atomic E-state index is 11.8. The highest BCUT2D eigenvalue weighted by Gasteiger charge is 2.14. The highest BCUT2D eigenvalue weighted by molar-refractivity contribution is 5.78. The van der Waals surface area contributed by atoms with Crippen LogP contribution in [0.1, 0.15) is 18.9 Å². The van der Waals surface area contributed by atoms with Gasteiger partial charge < -0.3 is 10.6 Å². The zero-order valence-electron chi connectivity index (χ0n) is 10.6. The predicted molar refractivity (Wildman–Crippen MR) is 68.7 cm³/mol. The third-order valence-electron chi connectivity index (χ3n) is 2.78. The van der Waals surface area contributed by atoms with Gasteiger partial charge in [-0.1, -0.05) is 6.92 Å². The number of nitrogens with zero attached hydrogens (tertiary/aromatic N) is 1. The molecule has 0 saturated heterocycles. The summed E-state index contributed by atoms with van der Waals surface area (Å²) in [6.45, 7) is 3.45. The Morgan fingerprint density at radius 3 is 2.71 bits per heavy atom. The van der Waals surface area contributed by atoms with Crippen LogP contribution in [0.15, 0.2) is 24.5 Å². The molecule has 2 N–H and O–H groups in total. The molecule has 0 aliphatic heterocycles. The van der Waals surface area contributed by atoms with Crippen LogP contribution in [0, 0.1) is 5.92 Å². The van der Waals surface area contributed by atoms with E-state index in [1.54, 1.807) is 12.4 Å². The Morgan fingerprint density at radius 1 is 1.41 bits per heavy atom. The van der Waals surface area contributed by atoms with Crippen molar-refractivity contribution in [3.05, 3.63) is 30.1 Å². The van der Waals surface area contributed by atoms with E-state index in [1.807, 2.05) is 26.1 Å². The van der Waals surface area contributed by atoms with Crippen LogP contribution in [-0.4, -0.2) is 31.0 Å². The normalized spacial score (nSPS) is 12.1. The number of aromatic nitrogens is 1. The quantitative estimate of drug-likeness (QED) is 0.741. The highest BCUT2D eigenvalue weighted by Crippen LogP contribution is 2.01. The van der Waals surface area contributed by atoms with Gasteiger partial charge in [-0.25, -0.2) is 0 Å². The molecule has 0 radical (unpaired) electrons. The van der Waals surface area contributed by atoms with Crippen molar-refractivity contribution in [1.29, 1.82) is 0 Å². The Hall–Kier alpha value is -1.42. The Labute approximate surface area is 103 Å². The molecule has 1 heterocycles. The SMILES string of the molecule is CCC(CNC)C(=O)NCCc1ccncc1. The van der Waals surface area contributed by atoms with Crippen LogP contribution < -0.4 is 10.6 Å². The largest absolute Gasteiger partial charge is 0.355 e. The summed E-state index contributed by atoms with van der Waals surface area (Å²) in [6.07, 6.45) is 5.26. The lowest BCUT2D eigenvalue weighted by molar-refractivity contribution is -0.124. The van der Waals surface area contributed by atoms with E-state index in [0.29, 0.717) is 6.54 Å². The molecule has 0 aliphatic carbocycles. The topological polar surface area (TPSA) is 54.0 Å². The molecule has 1 atom stereocenters.